The first-order chi connectivity index (χ1) is 13.9. The van der Waals surface area contributed by atoms with Gasteiger partial charge in [0.05, 0.1) is 24.3 Å². The van der Waals surface area contributed by atoms with Crippen LogP contribution in [0.1, 0.15) is 35.5 Å². The Bertz CT molecular complexity index is 1150. The number of hydrogen-bond acceptors (Lipinski definition) is 7. The van der Waals surface area contributed by atoms with Crippen LogP contribution in [0.2, 0.25) is 0 Å². The SMILES string of the molecule is CCOC(=O)Nc1scc2c(C(=O)OCC)nn(-c3ccc(C)c(C)c3)c(=O)c12. The molecule has 0 aliphatic heterocycles. The van der Waals surface area contributed by atoms with E-state index in [4.69, 9.17) is 9.47 Å². The summed E-state index contributed by atoms with van der Waals surface area (Å²) in [5, 5.41) is 9.24. The fourth-order valence-corrected chi connectivity index (χ4v) is 3.71. The summed E-state index contributed by atoms with van der Waals surface area (Å²) in [5.41, 5.74) is 2.11. The van der Waals surface area contributed by atoms with E-state index in [1.807, 2.05) is 26.0 Å². The highest BCUT2D eigenvalue weighted by molar-refractivity contribution is 7.16. The van der Waals surface area contributed by atoms with Gasteiger partial charge >= 0.3 is 12.1 Å². The van der Waals surface area contributed by atoms with E-state index in [1.54, 1.807) is 25.3 Å². The van der Waals surface area contributed by atoms with E-state index in [0.717, 1.165) is 27.1 Å². The van der Waals surface area contributed by atoms with Crippen molar-refractivity contribution >= 4 is 39.2 Å². The van der Waals surface area contributed by atoms with Crippen molar-refractivity contribution in [3.8, 4) is 5.69 Å². The number of benzene rings is 1. The third-order valence-corrected chi connectivity index (χ3v) is 5.24. The van der Waals surface area contributed by atoms with Gasteiger partial charge < -0.3 is 9.47 Å². The number of anilines is 1. The molecule has 0 spiro atoms. The molecule has 152 valence electrons. The summed E-state index contributed by atoms with van der Waals surface area (Å²) >= 11 is 1.12. The van der Waals surface area contributed by atoms with E-state index in [9.17, 15) is 14.4 Å². The van der Waals surface area contributed by atoms with Crippen molar-refractivity contribution in [2.45, 2.75) is 27.7 Å². The van der Waals surface area contributed by atoms with Gasteiger partial charge in [-0.3, -0.25) is 10.1 Å². The predicted molar refractivity (Wildman–Crippen MR) is 111 cm³/mol. The molecule has 0 aliphatic rings. The van der Waals surface area contributed by atoms with Crippen LogP contribution in [-0.2, 0) is 9.47 Å². The van der Waals surface area contributed by atoms with Gasteiger partial charge in [0, 0.05) is 10.8 Å². The molecule has 0 saturated carbocycles. The van der Waals surface area contributed by atoms with Crippen molar-refractivity contribution in [2.24, 2.45) is 0 Å². The Kier molecular flexibility index (Phi) is 5.97. The van der Waals surface area contributed by atoms with Crippen molar-refractivity contribution in [1.82, 2.24) is 9.78 Å². The Labute approximate surface area is 171 Å². The van der Waals surface area contributed by atoms with Crippen LogP contribution in [0.4, 0.5) is 9.80 Å². The zero-order valence-electron chi connectivity index (χ0n) is 16.6. The van der Waals surface area contributed by atoms with Crippen molar-refractivity contribution in [3.63, 3.8) is 0 Å². The first kappa shape index (κ1) is 20.5. The Morgan fingerprint density at radius 3 is 2.52 bits per heavy atom. The molecule has 29 heavy (non-hydrogen) atoms. The molecule has 0 saturated heterocycles. The van der Waals surface area contributed by atoms with Gasteiger partial charge in [-0.15, -0.1) is 11.3 Å². The number of amides is 1. The van der Waals surface area contributed by atoms with E-state index in [0.29, 0.717) is 11.1 Å². The highest BCUT2D eigenvalue weighted by Crippen LogP contribution is 2.31. The van der Waals surface area contributed by atoms with Crippen LogP contribution in [0.3, 0.4) is 0 Å². The largest absolute Gasteiger partial charge is 0.461 e. The zero-order valence-corrected chi connectivity index (χ0v) is 17.4. The quantitative estimate of drug-likeness (QED) is 0.636. The van der Waals surface area contributed by atoms with Crippen LogP contribution in [0.25, 0.3) is 16.5 Å². The van der Waals surface area contributed by atoms with Crippen molar-refractivity contribution in [3.05, 3.63) is 50.8 Å². The summed E-state index contributed by atoms with van der Waals surface area (Å²) in [6.07, 6.45) is -0.678. The summed E-state index contributed by atoms with van der Waals surface area (Å²) in [7, 11) is 0. The number of nitrogens with zero attached hydrogens (tertiary/aromatic N) is 2. The van der Waals surface area contributed by atoms with Crippen LogP contribution in [-0.4, -0.2) is 35.1 Å². The van der Waals surface area contributed by atoms with E-state index in [1.165, 1.54) is 0 Å². The molecular formula is C20H21N3O5S. The van der Waals surface area contributed by atoms with Gasteiger partial charge in [0.1, 0.15) is 5.00 Å². The Morgan fingerprint density at radius 1 is 1.14 bits per heavy atom. The number of ether oxygens (including phenoxy) is 2. The third kappa shape index (κ3) is 4.00. The lowest BCUT2D eigenvalue weighted by atomic mass is 10.1. The molecule has 1 aromatic carbocycles. The maximum atomic E-state index is 13.2. The number of carbonyl (C=O) groups is 2. The number of nitrogens with one attached hydrogen (secondary N) is 1. The smallest absolute Gasteiger partial charge is 0.412 e. The number of carbonyl (C=O) groups excluding carboxylic acids is 2. The van der Waals surface area contributed by atoms with Gasteiger partial charge in [0.2, 0.25) is 0 Å². The average Bonchev–Trinajstić information content (AvgIpc) is 3.09. The summed E-state index contributed by atoms with van der Waals surface area (Å²) in [6, 6.07) is 5.44. The molecule has 3 rings (SSSR count). The summed E-state index contributed by atoms with van der Waals surface area (Å²) in [5.74, 6) is -0.643. The van der Waals surface area contributed by atoms with Gasteiger partial charge in [-0.05, 0) is 51.0 Å². The number of aromatic nitrogens is 2. The average molecular weight is 415 g/mol. The molecule has 0 aliphatic carbocycles. The molecule has 0 unspecified atom stereocenters. The zero-order chi connectivity index (χ0) is 21.1. The minimum atomic E-state index is -0.678. The second-order valence-electron chi connectivity index (χ2n) is 6.25. The second-order valence-corrected chi connectivity index (χ2v) is 7.13. The van der Waals surface area contributed by atoms with Crippen LogP contribution >= 0.6 is 11.3 Å². The third-order valence-electron chi connectivity index (χ3n) is 4.35. The molecule has 1 amide bonds. The number of aryl methyl sites for hydroxylation is 2. The standard InChI is InChI=1S/C20H21N3O5S/c1-5-27-19(25)16-14-10-29-17(21-20(26)28-6-2)15(14)18(24)23(22-16)13-8-7-11(3)12(4)9-13/h7-10H,5-6H2,1-4H3,(H,21,26). The topological polar surface area (TPSA) is 99.5 Å². The Morgan fingerprint density at radius 2 is 1.86 bits per heavy atom. The molecule has 0 atom stereocenters. The highest BCUT2D eigenvalue weighted by atomic mass is 32.1. The number of fused-ring (bicyclic) bond motifs is 1. The fraction of sp³-hybridized carbons (Fsp3) is 0.300. The molecule has 1 N–H and O–H groups in total. The minimum absolute atomic E-state index is 0.00726. The van der Waals surface area contributed by atoms with Gasteiger partial charge in [0.25, 0.3) is 5.56 Å². The minimum Gasteiger partial charge on any atom is -0.461 e. The molecule has 2 heterocycles. The second kappa shape index (κ2) is 8.44. The molecule has 0 fully saturated rings. The van der Waals surface area contributed by atoms with Crippen LogP contribution in [0.5, 0.6) is 0 Å². The molecular weight excluding hydrogens is 394 g/mol. The Hall–Kier alpha value is -3.20. The molecule has 0 bridgehead atoms. The molecule has 9 heteroatoms. The Balaban J connectivity index is 2.27. The molecule has 0 radical (unpaired) electrons. The summed E-state index contributed by atoms with van der Waals surface area (Å²) in [4.78, 5) is 37.6. The first-order valence-electron chi connectivity index (χ1n) is 9.10. The van der Waals surface area contributed by atoms with E-state index < -0.39 is 17.6 Å². The first-order valence-corrected chi connectivity index (χ1v) is 9.98. The van der Waals surface area contributed by atoms with Crippen LogP contribution in [0, 0.1) is 13.8 Å². The number of thiophene rings is 1. The maximum absolute atomic E-state index is 13.2. The van der Waals surface area contributed by atoms with Crippen molar-refractivity contribution in [1.29, 1.82) is 0 Å². The molecule has 8 nitrogen and oxygen atoms in total. The fourth-order valence-electron chi connectivity index (χ4n) is 2.78. The van der Waals surface area contributed by atoms with Gasteiger partial charge in [-0.1, -0.05) is 6.07 Å². The van der Waals surface area contributed by atoms with Gasteiger partial charge in [-0.25, -0.2) is 9.59 Å². The van der Waals surface area contributed by atoms with Crippen LogP contribution < -0.4 is 10.9 Å². The molecule has 3 aromatic rings. The number of esters is 1. The molecule has 2 aromatic heterocycles. The van der Waals surface area contributed by atoms with Gasteiger partial charge in [0.15, 0.2) is 5.69 Å². The maximum Gasteiger partial charge on any atom is 0.412 e. The highest BCUT2D eigenvalue weighted by Gasteiger charge is 2.23. The lowest BCUT2D eigenvalue weighted by molar-refractivity contribution is 0.0520. The van der Waals surface area contributed by atoms with Crippen molar-refractivity contribution in [2.75, 3.05) is 18.5 Å². The predicted octanol–water partition coefficient (Wildman–Crippen LogP) is 3.81. The lowest BCUT2D eigenvalue weighted by Crippen LogP contribution is -2.25. The van der Waals surface area contributed by atoms with E-state index in [-0.39, 0.29) is 29.3 Å². The van der Waals surface area contributed by atoms with Gasteiger partial charge in [-0.2, -0.15) is 9.78 Å². The normalized spacial score (nSPS) is 10.8. The van der Waals surface area contributed by atoms with E-state index in [2.05, 4.69) is 10.4 Å². The number of hydrogen-bond donors (Lipinski definition) is 1. The number of rotatable bonds is 5. The lowest BCUT2D eigenvalue weighted by Gasteiger charge is -2.11. The summed E-state index contributed by atoms with van der Waals surface area (Å²) < 4.78 is 11.2. The van der Waals surface area contributed by atoms with E-state index >= 15 is 0 Å². The summed E-state index contributed by atoms with van der Waals surface area (Å²) in [6.45, 7) is 7.62. The monoisotopic (exact) mass is 415 g/mol. The van der Waals surface area contributed by atoms with Crippen LogP contribution in [0.15, 0.2) is 28.4 Å². The van der Waals surface area contributed by atoms with Crippen molar-refractivity contribution < 1.29 is 19.1 Å².